The molecule has 1 nitrogen and oxygen atoms in total. The summed E-state index contributed by atoms with van der Waals surface area (Å²) in [4.78, 5) is 0. The van der Waals surface area contributed by atoms with Crippen LogP contribution in [0.2, 0.25) is 0 Å². The molecule has 4 saturated carbocycles. The first-order valence-electron chi connectivity index (χ1n) is 8.15. The van der Waals surface area contributed by atoms with E-state index < -0.39 is 0 Å². The largest absolute Gasteiger partial charge is 0.393 e. The molecule has 8 unspecified atom stereocenters. The summed E-state index contributed by atoms with van der Waals surface area (Å²) in [6, 6.07) is 0. The average molecular weight is 244 g/mol. The van der Waals surface area contributed by atoms with Crippen LogP contribution in [0, 0.1) is 40.9 Å². The standard InChI is InChI=1S/C17H24O/c18-16-8-14-12-3-1-2-10(12)4-6-13(14)15-7-5-11-9-17(11,15)16/h1-2,10-16,18H,3-9H2. The number of aliphatic hydroxyl groups is 1. The van der Waals surface area contributed by atoms with E-state index in [9.17, 15) is 5.11 Å². The van der Waals surface area contributed by atoms with Gasteiger partial charge in [-0.2, -0.15) is 0 Å². The van der Waals surface area contributed by atoms with Crippen LogP contribution in [0.3, 0.4) is 0 Å². The summed E-state index contributed by atoms with van der Waals surface area (Å²) >= 11 is 0. The van der Waals surface area contributed by atoms with Crippen LogP contribution in [0.5, 0.6) is 0 Å². The number of aliphatic hydroxyl groups excluding tert-OH is 1. The minimum Gasteiger partial charge on any atom is -0.393 e. The number of hydrogen-bond donors (Lipinski definition) is 1. The molecule has 1 heteroatoms. The van der Waals surface area contributed by atoms with E-state index in [1.54, 1.807) is 0 Å². The molecule has 18 heavy (non-hydrogen) atoms. The molecule has 8 atom stereocenters. The highest BCUT2D eigenvalue weighted by molar-refractivity contribution is 5.21. The van der Waals surface area contributed by atoms with Gasteiger partial charge >= 0.3 is 0 Å². The van der Waals surface area contributed by atoms with Gasteiger partial charge in [-0.1, -0.05) is 12.2 Å². The Morgan fingerprint density at radius 1 is 1.00 bits per heavy atom. The van der Waals surface area contributed by atoms with Crippen molar-refractivity contribution < 1.29 is 5.11 Å². The lowest BCUT2D eigenvalue weighted by atomic mass is 9.54. The van der Waals surface area contributed by atoms with Gasteiger partial charge in [0.1, 0.15) is 0 Å². The normalized spacial score (nSPS) is 63.9. The van der Waals surface area contributed by atoms with Crippen molar-refractivity contribution in [1.29, 1.82) is 0 Å². The van der Waals surface area contributed by atoms with Gasteiger partial charge < -0.3 is 5.11 Å². The van der Waals surface area contributed by atoms with Gasteiger partial charge in [0.15, 0.2) is 0 Å². The summed E-state index contributed by atoms with van der Waals surface area (Å²) in [6.07, 6.45) is 14.5. The smallest absolute Gasteiger partial charge is 0.0604 e. The molecule has 5 aliphatic carbocycles. The lowest BCUT2D eigenvalue weighted by Gasteiger charge is -2.51. The van der Waals surface area contributed by atoms with Crippen LogP contribution in [0.1, 0.15) is 44.9 Å². The number of fused-ring (bicyclic) bond motifs is 4. The van der Waals surface area contributed by atoms with Gasteiger partial charge in [-0.3, -0.25) is 0 Å². The second-order valence-corrected chi connectivity index (χ2v) is 7.85. The fourth-order valence-corrected chi connectivity index (χ4v) is 6.88. The third kappa shape index (κ3) is 1.06. The van der Waals surface area contributed by atoms with Gasteiger partial charge in [0.25, 0.3) is 0 Å². The van der Waals surface area contributed by atoms with Crippen molar-refractivity contribution in [2.75, 3.05) is 0 Å². The van der Waals surface area contributed by atoms with Crippen LogP contribution >= 0.6 is 0 Å². The molecule has 0 amide bonds. The Kier molecular flexibility index (Phi) is 1.88. The molecule has 5 rings (SSSR count). The van der Waals surface area contributed by atoms with Crippen molar-refractivity contribution in [3.63, 3.8) is 0 Å². The van der Waals surface area contributed by atoms with E-state index in [1.165, 1.54) is 38.5 Å². The molecule has 0 aromatic carbocycles. The molecule has 0 aliphatic heterocycles. The van der Waals surface area contributed by atoms with Crippen molar-refractivity contribution in [2.24, 2.45) is 40.9 Å². The van der Waals surface area contributed by atoms with Crippen LogP contribution < -0.4 is 0 Å². The van der Waals surface area contributed by atoms with Gasteiger partial charge in [0.2, 0.25) is 0 Å². The van der Waals surface area contributed by atoms with E-state index >= 15 is 0 Å². The summed E-state index contributed by atoms with van der Waals surface area (Å²) in [5.74, 6) is 5.40. The summed E-state index contributed by atoms with van der Waals surface area (Å²) in [7, 11) is 0. The second kappa shape index (κ2) is 3.23. The van der Waals surface area contributed by atoms with Crippen LogP contribution in [-0.4, -0.2) is 11.2 Å². The van der Waals surface area contributed by atoms with Crippen LogP contribution in [0.15, 0.2) is 12.2 Å². The van der Waals surface area contributed by atoms with E-state index in [2.05, 4.69) is 12.2 Å². The van der Waals surface area contributed by atoms with Gasteiger partial charge in [-0.05, 0) is 80.5 Å². The minimum atomic E-state index is 0.0515. The van der Waals surface area contributed by atoms with Gasteiger partial charge in [-0.25, -0.2) is 0 Å². The molecule has 1 N–H and O–H groups in total. The zero-order valence-corrected chi connectivity index (χ0v) is 11.1. The Hall–Kier alpha value is -0.300. The van der Waals surface area contributed by atoms with Crippen molar-refractivity contribution in [1.82, 2.24) is 0 Å². The Morgan fingerprint density at radius 3 is 2.83 bits per heavy atom. The van der Waals surface area contributed by atoms with Gasteiger partial charge in [0, 0.05) is 5.41 Å². The highest BCUT2D eigenvalue weighted by atomic mass is 16.3. The Bertz CT molecular complexity index is 414. The molecule has 5 aliphatic rings. The molecule has 0 saturated heterocycles. The highest BCUT2D eigenvalue weighted by Crippen LogP contribution is 2.75. The first kappa shape index (κ1) is 10.5. The second-order valence-electron chi connectivity index (χ2n) is 7.85. The highest BCUT2D eigenvalue weighted by Gasteiger charge is 2.70. The molecule has 98 valence electrons. The Balaban J connectivity index is 1.51. The van der Waals surface area contributed by atoms with Crippen LogP contribution in [0.25, 0.3) is 0 Å². The lowest BCUT2D eigenvalue weighted by Crippen LogP contribution is -2.48. The molecule has 0 heterocycles. The number of rotatable bonds is 0. The Labute approximate surface area is 110 Å². The molecular formula is C17H24O. The number of allylic oxidation sites excluding steroid dienone is 2. The minimum absolute atomic E-state index is 0.0515. The maximum Gasteiger partial charge on any atom is 0.0604 e. The van der Waals surface area contributed by atoms with E-state index in [1.807, 2.05) is 0 Å². The topological polar surface area (TPSA) is 20.2 Å². The van der Waals surface area contributed by atoms with Crippen molar-refractivity contribution in [2.45, 2.75) is 51.0 Å². The zero-order valence-electron chi connectivity index (χ0n) is 11.1. The zero-order chi connectivity index (χ0) is 11.9. The molecule has 0 bridgehead atoms. The molecule has 1 spiro atoms. The maximum atomic E-state index is 10.7. The molecular weight excluding hydrogens is 220 g/mol. The van der Waals surface area contributed by atoms with Gasteiger partial charge in [0.05, 0.1) is 6.10 Å². The van der Waals surface area contributed by atoms with Crippen LogP contribution in [-0.2, 0) is 0 Å². The average Bonchev–Trinajstić information content (AvgIpc) is 2.75. The SMILES string of the molecule is OC1CC2C3CC=CC3CCC2C2CCC3CC132. The monoisotopic (exact) mass is 244 g/mol. The molecule has 0 radical (unpaired) electrons. The van der Waals surface area contributed by atoms with Crippen LogP contribution in [0.4, 0.5) is 0 Å². The van der Waals surface area contributed by atoms with Crippen molar-refractivity contribution in [3.05, 3.63) is 12.2 Å². The van der Waals surface area contributed by atoms with Crippen molar-refractivity contribution in [3.8, 4) is 0 Å². The quantitative estimate of drug-likeness (QED) is 0.648. The molecule has 0 aromatic rings. The van der Waals surface area contributed by atoms with E-state index in [0.29, 0.717) is 5.41 Å². The maximum absolute atomic E-state index is 10.7. The Morgan fingerprint density at radius 2 is 1.94 bits per heavy atom. The number of hydrogen-bond acceptors (Lipinski definition) is 1. The third-order valence-corrected chi connectivity index (χ3v) is 7.62. The summed E-state index contributed by atoms with van der Waals surface area (Å²) in [5.41, 5.74) is 0.431. The predicted octanol–water partition coefficient (Wildman–Crippen LogP) is 3.39. The summed E-state index contributed by atoms with van der Waals surface area (Å²) < 4.78 is 0. The fourth-order valence-electron chi connectivity index (χ4n) is 6.88. The lowest BCUT2D eigenvalue weighted by molar-refractivity contribution is -0.0803. The fraction of sp³-hybridized carbons (Fsp3) is 0.882. The van der Waals surface area contributed by atoms with Crippen molar-refractivity contribution >= 4 is 0 Å². The third-order valence-electron chi connectivity index (χ3n) is 7.62. The van der Waals surface area contributed by atoms with E-state index in [4.69, 9.17) is 0 Å². The first-order valence-corrected chi connectivity index (χ1v) is 8.15. The molecule has 4 fully saturated rings. The summed E-state index contributed by atoms with van der Waals surface area (Å²) in [6.45, 7) is 0. The predicted molar refractivity (Wildman–Crippen MR) is 70.8 cm³/mol. The summed E-state index contributed by atoms with van der Waals surface area (Å²) in [5, 5.41) is 10.7. The van der Waals surface area contributed by atoms with Gasteiger partial charge in [-0.15, -0.1) is 0 Å². The van der Waals surface area contributed by atoms with E-state index in [-0.39, 0.29) is 6.10 Å². The first-order chi connectivity index (χ1) is 8.80. The van der Waals surface area contributed by atoms with E-state index in [0.717, 1.165) is 41.9 Å². The molecule has 0 aromatic heterocycles.